The lowest BCUT2D eigenvalue weighted by Gasteiger charge is -2.08. The summed E-state index contributed by atoms with van der Waals surface area (Å²) in [6.07, 6.45) is 4.70. The number of hydrogen-bond acceptors (Lipinski definition) is 2. The van der Waals surface area contributed by atoms with Crippen LogP contribution < -0.4 is 0 Å². The Balaban J connectivity index is 2.25. The fourth-order valence-corrected chi connectivity index (χ4v) is 2.24. The van der Waals surface area contributed by atoms with Crippen LogP contribution in [-0.2, 0) is 6.42 Å². The van der Waals surface area contributed by atoms with Gasteiger partial charge in [0.05, 0.1) is 0 Å². The predicted molar refractivity (Wildman–Crippen MR) is 78.4 cm³/mol. The monoisotopic (exact) mass is 256 g/mol. The minimum absolute atomic E-state index is 0.0480. The van der Waals surface area contributed by atoms with E-state index in [0.717, 1.165) is 12.0 Å². The summed E-state index contributed by atoms with van der Waals surface area (Å²) in [5.74, 6) is -0.123. The average molecular weight is 256 g/mol. The maximum absolute atomic E-state index is 9.91. The van der Waals surface area contributed by atoms with Gasteiger partial charge >= 0.3 is 0 Å². The summed E-state index contributed by atoms with van der Waals surface area (Å²) >= 11 is 0. The standard InChI is InChI=1S/C17H20O2/c1-2-3-4-7-13-8-5-9-14(12-13)15-10-6-11-16(18)17(15)19/h5-6,8-12,18-19H,2-4,7H2,1H3. The Morgan fingerprint density at radius 2 is 1.74 bits per heavy atom. The molecule has 2 nitrogen and oxygen atoms in total. The zero-order valence-corrected chi connectivity index (χ0v) is 11.3. The van der Waals surface area contributed by atoms with E-state index in [1.165, 1.54) is 30.9 Å². The van der Waals surface area contributed by atoms with Gasteiger partial charge in [0.15, 0.2) is 11.5 Å². The third-order valence-electron chi connectivity index (χ3n) is 3.32. The molecule has 2 rings (SSSR count). The van der Waals surface area contributed by atoms with Crippen molar-refractivity contribution < 1.29 is 10.2 Å². The van der Waals surface area contributed by atoms with Crippen molar-refractivity contribution in [2.24, 2.45) is 0 Å². The van der Waals surface area contributed by atoms with Crippen LogP contribution in [0.2, 0.25) is 0 Å². The van der Waals surface area contributed by atoms with Crippen molar-refractivity contribution in [2.75, 3.05) is 0 Å². The first-order chi connectivity index (χ1) is 9.22. The second kappa shape index (κ2) is 6.28. The fourth-order valence-electron chi connectivity index (χ4n) is 2.24. The van der Waals surface area contributed by atoms with E-state index in [0.29, 0.717) is 5.56 Å². The highest BCUT2D eigenvalue weighted by atomic mass is 16.3. The van der Waals surface area contributed by atoms with Crippen molar-refractivity contribution in [3.05, 3.63) is 48.0 Å². The highest BCUT2D eigenvalue weighted by Gasteiger charge is 2.08. The highest BCUT2D eigenvalue weighted by molar-refractivity contribution is 5.73. The molecule has 100 valence electrons. The first kappa shape index (κ1) is 13.5. The smallest absolute Gasteiger partial charge is 0.165 e. The quantitative estimate of drug-likeness (QED) is 0.611. The zero-order valence-electron chi connectivity index (χ0n) is 11.3. The fraction of sp³-hybridized carbons (Fsp3) is 0.294. The molecular formula is C17H20O2. The summed E-state index contributed by atoms with van der Waals surface area (Å²) in [5.41, 5.74) is 2.90. The summed E-state index contributed by atoms with van der Waals surface area (Å²) in [6, 6.07) is 13.2. The lowest BCUT2D eigenvalue weighted by molar-refractivity contribution is 0.405. The summed E-state index contributed by atoms with van der Waals surface area (Å²) in [4.78, 5) is 0. The zero-order chi connectivity index (χ0) is 13.7. The van der Waals surface area contributed by atoms with E-state index in [1.807, 2.05) is 18.2 Å². The Labute approximate surface area is 114 Å². The highest BCUT2D eigenvalue weighted by Crippen LogP contribution is 2.36. The van der Waals surface area contributed by atoms with E-state index >= 15 is 0 Å². The topological polar surface area (TPSA) is 40.5 Å². The van der Waals surface area contributed by atoms with Gasteiger partial charge in [0.1, 0.15) is 0 Å². The van der Waals surface area contributed by atoms with Gasteiger partial charge in [-0.15, -0.1) is 0 Å². The molecule has 0 aromatic heterocycles. The number of phenols is 2. The predicted octanol–water partition coefficient (Wildman–Crippen LogP) is 4.50. The van der Waals surface area contributed by atoms with Gasteiger partial charge in [0, 0.05) is 5.56 Å². The van der Waals surface area contributed by atoms with Crippen molar-refractivity contribution in [3.63, 3.8) is 0 Å². The van der Waals surface area contributed by atoms with Crippen LogP contribution >= 0.6 is 0 Å². The normalized spacial score (nSPS) is 10.6. The largest absolute Gasteiger partial charge is 0.504 e. The second-order valence-corrected chi connectivity index (χ2v) is 4.83. The molecule has 0 atom stereocenters. The number of unbranched alkanes of at least 4 members (excludes halogenated alkanes) is 2. The van der Waals surface area contributed by atoms with Gasteiger partial charge in [-0.1, -0.05) is 56.2 Å². The SMILES string of the molecule is CCCCCc1cccc(-c2cccc(O)c2O)c1. The van der Waals surface area contributed by atoms with E-state index in [2.05, 4.69) is 19.1 Å². The van der Waals surface area contributed by atoms with Gasteiger partial charge in [-0.25, -0.2) is 0 Å². The number of aromatic hydroxyl groups is 2. The molecule has 2 N–H and O–H groups in total. The van der Waals surface area contributed by atoms with Crippen molar-refractivity contribution in [1.29, 1.82) is 0 Å². The van der Waals surface area contributed by atoms with Crippen LogP contribution in [0, 0.1) is 0 Å². The summed E-state index contributed by atoms with van der Waals surface area (Å²) in [5, 5.41) is 19.5. The number of para-hydroxylation sites is 1. The third kappa shape index (κ3) is 3.28. The van der Waals surface area contributed by atoms with Gasteiger partial charge in [-0.05, 0) is 30.0 Å². The van der Waals surface area contributed by atoms with Gasteiger partial charge < -0.3 is 10.2 Å². The number of rotatable bonds is 5. The minimum atomic E-state index is -0.0751. The molecule has 0 heterocycles. The van der Waals surface area contributed by atoms with Crippen LogP contribution in [-0.4, -0.2) is 10.2 Å². The molecule has 0 radical (unpaired) electrons. The summed E-state index contributed by atoms with van der Waals surface area (Å²) in [6.45, 7) is 2.20. The van der Waals surface area contributed by atoms with Crippen LogP contribution in [0.5, 0.6) is 11.5 Å². The first-order valence-electron chi connectivity index (χ1n) is 6.82. The van der Waals surface area contributed by atoms with E-state index in [-0.39, 0.29) is 11.5 Å². The van der Waals surface area contributed by atoms with E-state index in [4.69, 9.17) is 0 Å². The van der Waals surface area contributed by atoms with Gasteiger partial charge in [-0.3, -0.25) is 0 Å². The molecule has 0 amide bonds. The van der Waals surface area contributed by atoms with E-state index in [1.54, 1.807) is 6.07 Å². The van der Waals surface area contributed by atoms with Crippen molar-refractivity contribution in [3.8, 4) is 22.6 Å². The molecule has 0 bridgehead atoms. The lowest BCUT2D eigenvalue weighted by atomic mass is 9.99. The molecule has 0 saturated heterocycles. The Morgan fingerprint density at radius 3 is 2.53 bits per heavy atom. The Bertz CT molecular complexity index is 547. The number of hydrogen-bond donors (Lipinski definition) is 2. The number of benzene rings is 2. The van der Waals surface area contributed by atoms with Crippen molar-refractivity contribution >= 4 is 0 Å². The van der Waals surface area contributed by atoms with Crippen LogP contribution in [0.1, 0.15) is 31.7 Å². The van der Waals surface area contributed by atoms with E-state index < -0.39 is 0 Å². The molecular weight excluding hydrogens is 236 g/mol. The Morgan fingerprint density at radius 1 is 0.947 bits per heavy atom. The van der Waals surface area contributed by atoms with Gasteiger partial charge in [-0.2, -0.15) is 0 Å². The first-order valence-corrected chi connectivity index (χ1v) is 6.82. The second-order valence-electron chi connectivity index (χ2n) is 4.83. The van der Waals surface area contributed by atoms with Gasteiger partial charge in [0.2, 0.25) is 0 Å². The molecule has 0 saturated carbocycles. The minimum Gasteiger partial charge on any atom is -0.504 e. The Kier molecular flexibility index (Phi) is 4.45. The molecule has 2 aromatic carbocycles. The maximum atomic E-state index is 9.91. The number of aryl methyl sites for hydroxylation is 1. The molecule has 0 unspecified atom stereocenters. The Hall–Kier alpha value is -1.96. The molecule has 0 aliphatic carbocycles. The van der Waals surface area contributed by atoms with Crippen molar-refractivity contribution in [1.82, 2.24) is 0 Å². The van der Waals surface area contributed by atoms with Crippen LogP contribution in [0.15, 0.2) is 42.5 Å². The molecule has 2 heteroatoms. The average Bonchev–Trinajstić information content (AvgIpc) is 2.43. The van der Waals surface area contributed by atoms with Crippen LogP contribution in [0.3, 0.4) is 0 Å². The molecule has 2 aromatic rings. The van der Waals surface area contributed by atoms with E-state index in [9.17, 15) is 10.2 Å². The number of phenolic OH excluding ortho intramolecular Hbond substituents is 2. The molecule has 0 aliphatic rings. The van der Waals surface area contributed by atoms with Gasteiger partial charge in [0.25, 0.3) is 0 Å². The molecule has 0 fully saturated rings. The summed E-state index contributed by atoms with van der Waals surface area (Å²) < 4.78 is 0. The molecule has 19 heavy (non-hydrogen) atoms. The molecule has 0 spiro atoms. The lowest BCUT2D eigenvalue weighted by Crippen LogP contribution is -1.87. The summed E-state index contributed by atoms with van der Waals surface area (Å²) in [7, 11) is 0. The van der Waals surface area contributed by atoms with Crippen molar-refractivity contribution in [2.45, 2.75) is 32.6 Å². The van der Waals surface area contributed by atoms with Crippen LogP contribution in [0.4, 0.5) is 0 Å². The maximum Gasteiger partial charge on any atom is 0.165 e. The third-order valence-corrected chi connectivity index (χ3v) is 3.32. The van der Waals surface area contributed by atoms with Crippen LogP contribution in [0.25, 0.3) is 11.1 Å². The molecule has 0 aliphatic heterocycles.